The van der Waals surface area contributed by atoms with Crippen LogP contribution in [0.15, 0.2) is 28.7 Å². The predicted octanol–water partition coefficient (Wildman–Crippen LogP) is 2.28. The maximum absolute atomic E-state index is 12.0. The number of benzene rings is 1. The van der Waals surface area contributed by atoms with E-state index in [1.165, 1.54) is 0 Å². The van der Waals surface area contributed by atoms with Crippen LogP contribution in [0.1, 0.15) is 13.3 Å². The lowest BCUT2D eigenvalue weighted by atomic mass is 10.1. The number of para-hydroxylation sites is 1. The first-order valence-electron chi connectivity index (χ1n) is 6.93. The van der Waals surface area contributed by atoms with Crippen LogP contribution in [0.5, 0.6) is 5.75 Å². The lowest BCUT2D eigenvalue weighted by molar-refractivity contribution is -0.127. The van der Waals surface area contributed by atoms with Crippen LogP contribution in [0, 0.1) is 5.92 Å². The zero-order valence-electron chi connectivity index (χ0n) is 11.9. The first kappa shape index (κ1) is 15.3. The molecule has 1 heterocycles. The molecule has 5 heteroatoms. The third-order valence-electron chi connectivity index (χ3n) is 3.56. The van der Waals surface area contributed by atoms with Crippen molar-refractivity contribution < 1.29 is 9.53 Å². The molecule has 0 unspecified atom stereocenters. The molecule has 20 heavy (non-hydrogen) atoms. The third kappa shape index (κ3) is 4.21. The lowest BCUT2D eigenvalue weighted by Gasteiger charge is -2.17. The summed E-state index contributed by atoms with van der Waals surface area (Å²) in [7, 11) is 2.11. The van der Waals surface area contributed by atoms with Crippen molar-refractivity contribution in [3.63, 3.8) is 0 Å². The number of nitrogens with one attached hydrogen (secondary N) is 1. The van der Waals surface area contributed by atoms with E-state index in [9.17, 15) is 4.79 Å². The van der Waals surface area contributed by atoms with Gasteiger partial charge in [-0.2, -0.15) is 0 Å². The summed E-state index contributed by atoms with van der Waals surface area (Å²) in [4.78, 5) is 14.3. The Morgan fingerprint density at radius 3 is 2.95 bits per heavy atom. The van der Waals surface area contributed by atoms with Gasteiger partial charge in [0, 0.05) is 13.1 Å². The number of hydrogen-bond acceptors (Lipinski definition) is 3. The first-order valence-corrected chi connectivity index (χ1v) is 7.73. The van der Waals surface area contributed by atoms with Crippen LogP contribution < -0.4 is 10.1 Å². The first-order chi connectivity index (χ1) is 9.56. The molecular weight excluding hydrogens is 320 g/mol. The molecule has 2 atom stereocenters. The van der Waals surface area contributed by atoms with Crippen molar-refractivity contribution >= 4 is 21.8 Å². The maximum Gasteiger partial charge on any atom is 0.260 e. The van der Waals surface area contributed by atoms with Gasteiger partial charge in [0.15, 0.2) is 6.10 Å². The fourth-order valence-electron chi connectivity index (χ4n) is 2.37. The number of rotatable bonds is 5. The Morgan fingerprint density at radius 2 is 2.30 bits per heavy atom. The minimum absolute atomic E-state index is 0.0599. The van der Waals surface area contributed by atoms with Crippen molar-refractivity contribution in [3.8, 4) is 5.75 Å². The van der Waals surface area contributed by atoms with E-state index in [0.29, 0.717) is 11.7 Å². The summed E-state index contributed by atoms with van der Waals surface area (Å²) in [5.74, 6) is 1.19. The Kier molecular flexibility index (Phi) is 5.43. The van der Waals surface area contributed by atoms with Crippen LogP contribution in [-0.4, -0.2) is 43.6 Å². The molecule has 1 N–H and O–H groups in total. The van der Waals surface area contributed by atoms with E-state index in [4.69, 9.17) is 4.74 Å². The highest BCUT2D eigenvalue weighted by atomic mass is 79.9. The van der Waals surface area contributed by atoms with Crippen LogP contribution >= 0.6 is 15.9 Å². The predicted molar refractivity (Wildman–Crippen MR) is 82.8 cm³/mol. The van der Waals surface area contributed by atoms with E-state index in [2.05, 4.69) is 33.2 Å². The molecule has 1 saturated heterocycles. The quantitative estimate of drug-likeness (QED) is 0.894. The molecule has 0 aromatic heterocycles. The molecule has 0 radical (unpaired) electrons. The van der Waals surface area contributed by atoms with Gasteiger partial charge in [0.25, 0.3) is 5.91 Å². The highest BCUT2D eigenvalue weighted by Gasteiger charge is 2.22. The summed E-state index contributed by atoms with van der Waals surface area (Å²) in [6.45, 7) is 4.67. The van der Waals surface area contributed by atoms with Crippen LogP contribution in [0.2, 0.25) is 0 Å². The molecule has 4 nitrogen and oxygen atoms in total. The summed E-state index contributed by atoms with van der Waals surface area (Å²) in [5.41, 5.74) is 0. The van der Waals surface area contributed by atoms with Crippen molar-refractivity contribution in [3.05, 3.63) is 28.7 Å². The molecular formula is C15H21BrN2O2. The molecule has 0 spiro atoms. The van der Waals surface area contributed by atoms with Crippen molar-refractivity contribution in [1.82, 2.24) is 10.2 Å². The fraction of sp³-hybridized carbons (Fsp3) is 0.533. The molecule has 0 bridgehead atoms. The Bertz CT molecular complexity index is 467. The third-order valence-corrected chi connectivity index (χ3v) is 4.22. The zero-order chi connectivity index (χ0) is 14.5. The molecule has 1 amide bonds. The van der Waals surface area contributed by atoms with E-state index < -0.39 is 6.10 Å². The average molecular weight is 341 g/mol. The monoisotopic (exact) mass is 340 g/mol. The molecule has 0 saturated carbocycles. The topological polar surface area (TPSA) is 41.6 Å². The Morgan fingerprint density at radius 1 is 1.55 bits per heavy atom. The van der Waals surface area contributed by atoms with Crippen molar-refractivity contribution in [2.24, 2.45) is 5.92 Å². The number of halogens is 1. The van der Waals surface area contributed by atoms with Crippen LogP contribution in [-0.2, 0) is 4.79 Å². The minimum Gasteiger partial charge on any atom is -0.480 e. The standard InChI is InChI=1S/C15H21BrN2O2/c1-11(20-14-6-4-3-5-13(14)16)15(19)17-9-12-7-8-18(2)10-12/h3-6,11-12H,7-10H2,1-2H3,(H,17,19)/t11-,12+/m1/s1. The highest BCUT2D eigenvalue weighted by Crippen LogP contribution is 2.24. The highest BCUT2D eigenvalue weighted by molar-refractivity contribution is 9.10. The summed E-state index contributed by atoms with van der Waals surface area (Å²) in [6.07, 6.45) is 0.656. The summed E-state index contributed by atoms with van der Waals surface area (Å²) >= 11 is 3.41. The maximum atomic E-state index is 12.0. The summed E-state index contributed by atoms with van der Waals surface area (Å²) in [5, 5.41) is 2.98. The van der Waals surface area contributed by atoms with Gasteiger partial charge in [-0.3, -0.25) is 4.79 Å². The smallest absolute Gasteiger partial charge is 0.260 e. The Balaban J connectivity index is 1.79. The van der Waals surface area contributed by atoms with Gasteiger partial charge in [-0.25, -0.2) is 0 Å². The van der Waals surface area contributed by atoms with Gasteiger partial charge in [0.05, 0.1) is 4.47 Å². The Labute approximate surface area is 128 Å². The van der Waals surface area contributed by atoms with E-state index >= 15 is 0 Å². The second-order valence-electron chi connectivity index (χ2n) is 5.35. The van der Waals surface area contributed by atoms with Gasteiger partial charge in [-0.15, -0.1) is 0 Å². The van der Waals surface area contributed by atoms with Gasteiger partial charge >= 0.3 is 0 Å². The number of ether oxygens (including phenoxy) is 1. The molecule has 0 aliphatic carbocycles. The molecule has 2 rings (SSSR count). The fourth-order valence-corrected chi connectivity index (χ4v) is 2.74. The molecule has 1 aromatic carbocycles. The number of nitrogens with zero attached hydrogens (tertiary/aromatic N) is 1. The SMILES string of the molecule is C[C@@H](Oc1ccccc1Br)C(=O)NC[C@@H]1CCN(C)C1. The van der Waals surface area contributed by atoms with Crippen LogP contribution in [0.25, 0.3) is 0 Å². The van der Waals surface area contributed by atoms with Gasteiger partial charge < -0.3 is 15.0 Å². The molecule has 1 aromatic rings. The van der Waals surface area contributed by atoms with E-state index in [1.807, 2.05) is 24.3 Å². The minimum atomic E-state index is -0.493. The second-order valence-corrected chi connectivity index (χ2v) is 6.21. The van der Waals surface area contributed by atoms with E-state index in [-0.39, 0.29) is 5.91 Å². The summed E-state index contributed by atoms with van der Waals surface area (Å²) < 4.78 is 6.53. The van der Waals surface area contributed by atoms with E-state index in [1.54, 1.807) is 6.92 Å². The van der Waals surface area contributed by atoms with Crippen LogP contribution in [0.4, 0.5) is 0 Å². The molecule has 1 aliphatic rings. The normalized spacial score (nSPS) is 20.6. The number of hydrogen-bond donors (Lipinski definition) is 1. The lowest BCUT2D eigenvalue weighted by Crippen LogP contribution is -2.39. The van der Waals surface area contributed by atoms with Crippen molar-refractivity contribution in [1.29, 1.82) is 0 Å². The summed E-state index contributed by atoms with van der Waals surface area (Å²) in [6, 6.07) is 7.55. The largest absolute Gasteiger partial charge is 0.480 e. The van der Waals surface area contributed by atoms with Crippen molar-refractivity contribution in [2.45, 2.75) is 19.4 Å². The van der Waals surface area contributed by atoms with Crippen molar-refractivity contribution in [2.75, 3.05) is 26.7 Å². The number of amides is 1. The number of carbonyl (C=O) groups is 1. The van der Waals surface area contributed by atoms with Crippen LogP contribution in [0.3, 0.4) is 0 Å². The van der Waals surface area contributed by atoms with Gasteiger partial charge in [0.2, 0.25) is 0 Å². The Hall–Kier alpha value is -1.07. The van der Waals surface area contributed by atoms with Gasteiger partial charge in [-0.1, -0.05) is 12.1 Å². The second kappa shape index (κ2) is 7.09. The average Bonchev–Trinajstić information content (AvgIpc) is 2.84. The van der Waals surface area contributed by atoms with E-state index in [0.717, 1.165) is 30.5 Å². The van der Waals surface area contributed by atoms with Gasteiger partial charge in [-0.05, 0) is 60.9 Å². The number of likely N-dealkylation sites (tertiary alicyclic amines) is 1. The van der Waals surface area contributed by atoms with Gasteiger partial charge in [0.1, 0.15) is 5.75 Å². The zero-order valence-corrected chi connectivity index (χ0v) is 13.5. The molecule has 110 valence electrons. The molecule has 1 fully saturated rings. The number of carbonyl (C=O) groups excluding carboxylic acids is 1. The molecule has 1 aliphatic heterocycles.